The van der Waals surface area contributed by atoms with Gasteiger partial charge in [-0.1, -0.05) is 30.3 Å². The van der Waals surface area contributed by atoms with Gasteiger partial charge in [-0.05, 0) is 18.4 Å². The Morgan fingerprint density at radius 3 is 2.46 bits per heavy atom. The van der Waals surface area contributed by atoms with Crippen LogP contribution in [-0.2, 0) is 4.79 Å². The van der Waals surface area contributed by atoms with Gasteiger partial charge in [0.15, 0.2) is 5.78 Å². The molecule has 1 saturated carbocycles. The van der Waals surface area contributed by atoms with Gasteiger partial charge in [0, 0.05) is 5.92 Å². The lowest BCUT2D eigenvalue weighted by atomic mass is 10.1. The van der Waals surface area contributed by atoms with Crippen LogP contribution in [0.3, 0.4) is 0 Å². The maximum atomic E-state index is 11.6. The van der Waals surface area contributed by atoms with Gasteiger partial charge in [-0.25, -0.2) is 0 Å². The van der Waals surface area contributed by atoms with Crippen LogP contribution >= 0.6 is 11.6 Å². The number of hydrogen-bond acceptors (Lipinski definition) is 1. The van der Waals surface area contributed by atoms with E-state index < -0.39 is 5.38 Å². The number of ketones is 1. The topological polar surface area (TPSA) is 17.1 Å². The molecule has 1 aromatic carbocycles. The fourth-order valence-corrected chi connectivity index (χ4v) is 1.68. The first-order valence-corrected chi connectivity index (χ1v) is 4.95. The lowest BCUT2D eigenvalue weighted by molar-refractivity contribution is -0.120. The van der Waals surface area contributed by atoms with Gasteiger partial charge in [0.1, 0.15) is 5.38 Å². The van der Waals surface area contributed by atoms with Crippen molar-refractivity contribution in [2.75, 3.05) is 0 Å². The van der Waals surface area contributed by atoms with Crippen molar-refractivity contribution in [3.8, 4) is 0 Å². The Balaban J connectivity index is 2.12. The van der Waals surface area contributed by atoms with Crippen LogP contribution in [-0.4, -0.2) is 5.78 Å². The van der Waals surface area contributed by atoms with E-state index in [9.17, 15) is 4.79 Å². The van der Waals surface area contributed by atoms with E-state index in [0.717, 1.165) is 18.4 Å². The van der Waals surface area contributed by atoms with Crippen molar-refractivity contribution in [3.63, 3.8) is 0 Å². The summed E-state index contributed by atoms with van der Waals surface area (Å²) in [6.45, 7) is 0. The van der Waals surface area contributed by atoms with E-state index in [1.807, 2.05) is 30.3 Å². The normalized spacial score (nSPS) is 18.2. The van der Waals surface area contributed by atoms with Crippen LogP contribution in [0.4, 0.5) is 0 Å². The molecule has 1 unspecified atom stereocenters. The number of carbonyl (C=O) groups is 1. The van der Waals surface area contributed by atoms with E-state index in [4.69, 9.17) is 11.6 Å². The smallest absolute Gasteiger partial charge is 0.158 e. The first-order chi connectivity index (χ1) is 6.29. The first-order valence-electron chi connectivity index (χ1n) is 4.52. The summed E-state index contributed by atoms with van der Waals surface area (Å²) in [5.41, 5.74) is 0.918. The van der Waals surface area contributed by atoms with Crippen molar-refractivity contribution in [1.29, 1.82) is 0 Å². The predicted molar refractivity (Wildman–Crippen MR) is 52.8 cm³/mol. The molecule has 0 N–H and O–H groups in total. The molecule has 1 aliphatic carbocycles. The zero-order valence-corrected chi connectivity index (χ0v) is 8.00. The molecule has 1 atom stereocenters. The zero-order valence-electron chi connectivity index (χ0n) is 7.24. The molecular weight excluding hydrogens is 184 g/mol. The van der Waals surface area contributed by atoms with Crippen molar-refractivity contribution >= 4 is 17.4 Å². The third-order valence-corrected chi connectivity index (χ3v) is 2.79. The average Bonchev–Trinajstić information content (AvgIpc) is 3.00. The fraction of sp³-hybridized carbons (Fsp3) is 0.364. The zero-order chi connectivity index (χ0) is 9.26. The molecular formula is C11H11ClO. The van der Waals surface area contributed by atoms with Gasteiger partial charge in [-0.15, -0.1) is 11.6 Å². The van der Waals surface area contributed by atoms with E-state index in [-0.39, 0.29) is 11.7 Å². The molecule has 0 heterocycles. The van der Waals surface area contributed by atoms with Crippen molar-refractivity contribution in [1.82, 2.24) is 0 Å². The van der Waals surface area contributed by atoms with Crippen LogP contribution in [0.1, 0.15) is 23.8 Å². The quantitative estimate of drug-likeness (QED) is 0.677. The summed E-state index contributed by atoms with van der Waals surface area (Å²) in [5, 5.41) is -0.436. The Bertz CT molecular complexity index is 303. The highest BCUT2D eigenvalue weighted by atomic mass is 35.5. The summed E-state index contributed by atoms with van der Waals surface area (Å²) in [5.74, 6) is 0.426. The number of alkyl halides is 1. The van der Waals surface area contributed by atoms with Gasteiger partial charge in [-0.2, -0.15) is 0 Å². The molecule has 0 aromatic heterocycles. The highest BCUT2D eigenvalue weighted by molar-refractivity contribution is 6.31. The highest BCUT2D eigenvalue weighted by Crippen LogP contribution is 2.37. The summed E-state index contributed by atoms with van der Waals surface area (Å²) in [7, 11) is 0. The summed E-state index contributed by atoms with van der Waals surface area (Å²) >= 11 is 6.04. The monoisotopic (exact) mass is 194 g/mol. The second-order valence-corrected chi connectivity index (χ2v) is 3.89. The van der Waals surface area contributed by atoms with Crippen LogP contribution in [0.2, 0.25) is 0 Å². The van der Waals surface area contributed by atoms with Crippen LogP contribution < -0.4 is 0 Å². The molecule has 0 bridgehead atoms. The van der Waals surface area contributed by atoms with Crippen molar-refractivity contribution in [2.45, 2.75) is 18.2 Å². The van der Waals surface area contributed by atoms with Crippen LogP contribution in [0.25, 0.3) is 0 Å². The Hall–Kier alpha value is -0.820. The Morgan fingerprint density at radius 1 is 1.31 bits per heavy atom. The summed E-state index contributed by atoms with van der Waals surface area (Å²) in [4.78, 5) is 11.6. The largest absolute Gasteiger partial charge is 0.297 e. The Morgan fingerprint density at radius 2 is 1.92 bits per heavy atom. The summed E-state index contributed by atoms with van der Waals surface area (Å²) in [6.07, 6.45) is 2.05. The molecule has 1 nitrogen and oxygen atoms in total. The second kappa shape index (κ2) is 3.51. The van der Waals surface area contributed by atoms with Gasteiger partial charge < -0.3 is 0 Å². The number of benzene rings is 1. The molecule has 2 rings (SSSR count). The van der Waals surface area contributed by atoms with E-state index >= 15 is 0 Å². The van der Waals surface area contributed by atoms with Gasteiger partial charge in [-0.3, -0.25) is 4.79 Å². The van der Waals surface area contributed by atoms with E-state index in [0.29, 0.717) is 0 Å². The van der Waals surface area contributed by atoms with Gasteiger partial charge in [0.2, 0.25) is 0 Å². The molecule has 0 amide bonds. The minimum Gasteiger partial charge on any atom is -0.297 e. The molecule has 0 saturated heterocycles. The fourth-order valence-electron chi connectivity index (χ4n) is 1.36. The van der Waals surface area contributed by atoms with Gasteiger partial charge in [0.05, 0.1) is 0 Å². The Kier molecular flexibility index (Phi) is 2.36. The SMILES string of the molecule is O=C(C1CC1)C(Cl)c1ccccc1. The molecule has 0 aliphatic heterocycles. The highest BCUT2D eigenvalue weighted by Gasteiger charge is 2.34. The van der Waals surface area contributed by atoms with Crippen LogP contribution in [0.15, 0.2) is 30.3 Å². The molecule has 1 aromatic rings. The standard InChI is InChI=1S/C11H11ClO/c12-10(11(13)9-6-7-9)8-4-2-1-3-5-8/h1-5,9-10H,6-7H2. The molecule has 68 valence electrons. The third kappa shape index (κ3) is 1.92. The van der Waals surface area contributed by atoms with Crippen molar-refractivity contribution in [2.24, 2.45) is 5.92 Å². The third-order valence-electron chi connectivity index (χ3n) is 2.32. The number of rotatable bonds is 3. The molecule has 1 fully saturated rings. The van der Waals surface area contributed by atoms with Crippen molar-refractivity contribution in [3.05, 3.63) is 35.9 Å². The molecule has 1 aliphatic rings. The summed E-state index contributed by atoms with van der Waals surface area (Å²) < 4.78 is 0. The number of carbonyl (C=O) groups excluding carboxylic acids is 1. The van der Waals surface area contributed by atoms with E-state index in [1.165, 1.54) is 0 Å². The van der Waals surface area contributed by atoms with Gasteiger partial charge in [0.25, 0.3) is 0 Å². The number of hydrogen-bond donors (Lipinski definition) is 0. The predicted octanol–water partition coefficient (Wildman–Crippen LogP) is 2.95. The molecule has 13 heavy (non-hydrogen) atoms. The summed E-state index contributed by atoms with van der Waals surface area (Å²) in [6, 6.07) is 9.54. The minimum absolute atomic E-state index is 0.188. The molecule has 0 spiro atoms. The maximum absolute atomic E-state index is 11.6. The van der Waals surface area contributed by atoms with E-state index in [1.54, 1.807) is 0 Å². The lowest BCUT2D eigenvalue weighted by Crippen LogP contribution is -2.08. The average molecular weight is 195 g/mol. The van der Waals surface area contributed by atoms with Crippen LogP contribution in [0, 0.1) is 5.92 Å². The second-order valence-electron chi connectivity index (χ2n) is 3.45. The first kappa shape index (κ1) is 8.76. The number of Topliss-reactive ketones (excluding diaryl/α,β-unsaturated/α-hetero) is 1. The molecule has 0 radical (unpaired) electrons. The minimum atomic E-state index is -0.436. The van der Waals surface area contributed by atoms with Crippen molar-refractivity contribution < 1.29 is 4.79 Å². The number of halogens is 1. The Labute approximate surface area is 82.7 Å². The van der Waals surface area contributed by atoms with Gasteiger partial charge >= 0.3 is 0 Å². The maximum Gasteiger partial charge on any atom is 0.158 e. The van der Waals surface area contributed by atoms with E-state index in [2.05, 4.69) is 0 Å². The molecule has 2 heteroatoms. The lowest BCUT2D eigenvalue weighted by Gasteiger charge is -2.06. The van der Waals surface area contributed by atoms with Crippen LogP contribution in [0.5, 0.6) is 0 Å².